The van der Waals surface area contributed by atoms with Crippen LogP contribution in [0.3, 0.4) is 0 Å². The molecule has 0 radical (unpaired) electrons. The summed E-state index contributed by atoms with van der Waals surface area (Å²) >= 11 is 10.9. The van der Waals surface area contributed by atoms with Crippen LogP contribution in [0.2, 0.25) is 5.15 Å². The summed E-state index contributed by atoms with van der Waals surface area (Å²) in [5, 5.41) is 1.33. The van der Waals surface area contributed by atoms with E-state index in [4.69, 9.17) is 11.6 Å². The molecule has 5 heteroatoms. The normalized spacial score (nSPS) is 10.4. The molecular weight excluding hydrogens is 308 g/mol. The zero-order valence-corrected chi connectivity index (χ0v) is 11.6. The molecule has 0 aliphatic carbocycles. The smallest absolute Gasteiger partial charge is 0.133 e. The topological polar surface area (TPSA) is 25.8 Å². The van der Waals surface area contributed by atoms with Gasteiger partial charge in [0.25, 0.3) is 0 Å². The molecule has 0 aliphatic rings. The van der Waals surface area contributed by atoms with Crippen molar-refractivity contribution < 1.29 is 0 Å². The summed E-state index contributed by atoms with van der Waals surface area (Å²) in [6.07, 6.45) is 0. The van der Waals surface area contributed by atoms with Crippen LogP contribution in [-0.4, -0.2) is 9.97 Å². The molecular formula is C11H8BrClN2S. The highest BCUT2D eigenvalue weighted by molar-refractivity contribution is 9.10. The second-order valence-corrected chi connectivity index (χ2v) is 5.41. The number of aryl methyl sites for hydroxylation is 1. The van der Waals surface area contributed by atoms with Crippen molar-refractivity contribution in [1.82, 2.24) is 9.97 Å². The molecule has 0 atom stereocenters. The molecule has 0 aliphatic heterocycles. The van der Waals surface area contributed by atoms with Crippen LogP contribution in [0.15, 0.2) is 44.7 Å². The molecule has 1 heterocycles. The Bertz CT molecular complexity index is 499. The average Bonchev–Trinajstić information content (AvgIpc) is 2.20. The number of aromatic nitrogens is 2. The lowest BCUT2D eigenvalue weighted by molar-refractivity contribution is 0.967. The van der Waals surface area contributed by atoms with Crippen molar-refractivity contribution in [1.29, 1.82) is 0 Å². The number of benzene rings is 1. The van der Waals surface area contributed by atoms with E-state index in [1.807, 2.05) is 31.2 Å². The molecule has 0 unspecified atom stereocenters. The van der Waals surface area contributed by atoms with E-state index < -0.39 is 0 Å². The van der Waals surface area contributed by atoms with Gasteiger partial charge in [-0.2, -0.15) is 0 Å². The summed E-state index contributed by atoms with van der Waals surface area (Å²) in [4.78, 5) is 9.45. The van der Waals surface area contributed by atoms with E-state index in [0.29, 0.717) is 11.0 Å². The van der Waals surface area contributed by atoms with E-state index >= 15 is 0 Å². The highest BCUT2D eigenvalue weighted by Crippen LogP contribution is 2.32. The fourth-order valence-corrected chi connectivity index (χ4v) is 2.90. The van der Waals surface area contributed by atoms with Crippen molar-refractivity contribution in [2.45, 2.75) is 16.8 Å². The lowest BCUT2D eigenvalue weighted by atomic mass is 10.4. The van der Waals surface area contributed by atoms with Gasteiger partial charge in [-0.15, -0.1) is 0 Å². The van der Waals surface area contributed by atoms with Gasteiger partial charge in [0.05, 0.1) is 0 Å². The summed E-state index contributed by atoms with van der Waals surface area (Å²) in [5.41, 5.74) is 0. The number of rotatable bonds is 2. The van der Waals surface area contributed by atoms with Gasteiger partial charge in [-0.25, -0.2) is 9.97 Å². The quantitative estimate of drug-likeness (QED) is 0.770. The molecule has 1 aromatic carbocycles. The third kappa shape index (κ3) is 2.97. The molecule has 2 nitrogen and oxygen atoms in total. The van der Waals surface area contributed by atoms with Gasteiger partial charge in [-0.1, -0.05) is 35.5 Å². The Kier molecular flexibility index (Phi) is 3.84. The minimum atomic E-state index is 0.474. The van der Waals surface area contributed by atoms with Crippen molar-refractivity contribution in [2.24, 2.45) is 0 Å². The Labute approximate surface area is 112 Å². The van der Waals surface area contributed by atoms with Crippen LogP contribution in [0.4, 0.5) is 0 Å². The zero-order chi connectivity index (χ0) is 11.5. The molecule has 0 saturated heterocycles. The Morgan fingerprint density at radius 3 is 2.69 bits per heavy atom. The van der Waals surface area contributed by atoms with Crippen LogP contribution in [-0.2, 0) is 0 Å². The number of halogens is 2. The number of hydrogen-bond acceptors (Lipinski definition) is 3. The molecule has 0 spiro atoms. The van der Waals surface area contributed by atoms with Gasteiger partial charge in [0.1, 0.15) is 16.0 Å². The van der Waals surface area contributed by atoms with Crippen molar-refractivity contribution in [3.05, 3.63) is 45.8 Å². The van der Waals surface area contributed by atoms with Crippen LogP contribution >= 0.6 is 39.3 Å². The van der Waals surface area contributed by atoms with Gasteiger partial charge in [0.2, 0.25) is 0 Å². The summed E-state index contributed by atoms with van der Waals surface area (Å²) in [5.74, 6) is 0.682. The molecule has 2 rings (SSSR count). The lowest BCUT2D eigenvalue weighted by Crippen LogP contribution is -1.89. The Hall–Kier alpha value is -0.580. The highest BCUT2D eigenvalue weighted by atomic mass is 79.9. The standard InChI is InChI=1S/C11H8BrClN2S/c1-7-14-10(13)6-11(15-7)16-9-5-3-2-4-8(9)12/h2-6H,1H3. The van der Waals surface area contributed by atoms with Gasteiger partial charge in [0.15, 0.2) is 0 Å². The third-order valence-electron chi connectivity index (χ3n) is 1.83. The molecule has 0 N–H and O–H groups in total. The summed E-state index contributed by atoms with van der Waals surface area (Å²) < 4.78 is 1.05. The van der Waals surface area contributed by atoms with Crippen molar-refractivity contribution in [3.8, 4) is 0 Å². The fraction of sp³-hybridized carbons (Fsp3) is 0.0909. The van der Waals surface area contributed by atoms with E-state index in [1.54, 1.807) is 17.8 Å². The minimum Gasteiger partial charge on any atom is -0.226 e. The van der Waals surface area contributed by atoms with Crippen molar-refractivity contribution >= 4 is 39.3 Å². The van der Waals surface area contributed by atoms with E-state index in [2.05, 4.69) is 25.9 Å². The van der Waals surface area contributed by atoms with Gasteiger partial charge < -0.3 is 0 Å². The first-order chi connectivity index (χ1) is 7.65. The zero-order valence-electron chi connectivity index (χ0n) is 8.45. The molecule has 0 amide bonds. The van der Waals surface area contributed by atoms with Crippen LogP contribution in [0.25, 0.3) is 0 Å². The van der Waals surface area contributed by atoms with E-state index in [1.165, 1.54) is 0 Å². The molecule has 82 valence electrons. The lowest BCUT2D eigenvalue weighted by Gasteiger charge is -2.04. The van der Waals surface area contributed by atoms with Crippen LogP contribution in [0.5, 0.6) is 0 Å². The Morgan fingerprint density at radius 1 is 1.25 bits per heavy atom. The molecule has 1 aromatic heterocycles. The minimum absolute atomic E-state index is 0.474. The maximum absolute atomic E-state index is 5.88. The summed E-state index contributed by atoms with van der Waals surface area (Å²) in [6.45, 7) is 1.83. The first-order valence-corrected chi connectivity index (χ1v) is 6.57. The molecule has 0 bridgehead atoms. The van der Waals surface area contributed by atoms with Gasteiger partial charge in [-0.3, -0.25) is 0 Å². The van der Waals surface area contributed by atoms with Gasteiger partial charge in [0, 0.05) is 15.4 Å². The summed E-state index contributed by atoms with van der Waals surface area (Å²) in [6, 6.07) is 9.76. The monoisotopic (exact) mass is 314 g/mol. The van der Waals surface area contributed by atoms with E-state index in [-0.39, 0.29) is 0 Å². The third-order valence-corrected chi connectivity index (χ3v) is 3.98. The fourth-order valence-electron chi connectivity index (χ4n) is 1.20. The molecule has 0 fully saturated rings. The number of nitrogens with zero attached hydrogens (tertiary/aromatic N) is 2. The molecule has 0 saturated carbocycles. The maximum atomic E-state index is 5.88. The average molecular weight is 316 g/mol. The summed E-state index contributed by atoms with van der Waals surface area (Å²) in [7, 11) is 0. The largest absolute Gasteiger partial charge is 0.226 e. The van der Waals surface area contributed by atoms with Crippen LogP contribution in [0, 0.1) is 6.92 Å². The van der Waals surface area contributed by atoms with E-state index in [9.17, 15) is 0 Å². The second kappa shape index (κ2) is 5.17. The van der Waals surface area contributed by atoms with Crippen molar-refractivity contribution in [2.75, 3.05) is 0 Å². The van der Waals surface area contributed by atoms with Gasteiger partial charge in [-0.05, 0) is 35.0 Å². The first-order valence-electron chi connectivity index (χ1n) is 4.59. The van der Waals surface area contributed by atoms with E-state index in [0.717, 1.165) is 14.4 Å². The van der Waals surface area contributed by atoms with Gasteiger partial charge >= 0.3 is 0 Å². The second-order valence-electron chi connectivity index (χ2n) is 3.11. The van der Waals surface area contributed by atoms with Crippen LogP contribution in [0.1, 0.15) is 5.82 Å². The molecule has 16 heavy (non-hydrogen) atoms. The van der Waals surface area contributed by atoms with Crippen molar-refractivity contribution in [3.63, 3.8) is 0 Å². The van der Waals surface area contributed by atoms with Crippen LogP contribution < -0.4 is 0 Å². The maximum Gasteiger partial charge on any atom is 0.133 e. The number of hydrogen-bond donors (Lipinski definition) is 0. The first kappa shape index (κ1) is 11.9. The predicted molar refractivity (Wildman–Crippen MR) is 70.0 cm³/mol. The molecule has 2 aromatic rings. The predicted octanol–water partition coefficient (Wildman–Crippen LogP) is 4.35. The SMILES string of the molecule is Cc1nc(Cl)cc(Sc2ccccc2Br)n1. The highest BCUT2D eigenvalue weighted by Gasteiger charge is 2.05. The Morgan fingerprint density at radius 2 is 2.00 bits per heavy atom. The Balaban J connectivity index is 2.30.